The smallest absolute Gasteiger partial charge is 0.306 e. The summed E-state index contributed by atoms with van der Waals surface area (Å²) in [6, 6.07) is -0.0596. The maximum absolute atomic E-state index is 12.1. The molecule has 1 rings (SSSR count). The third kappa shape index (κ3) is 6.59. The Balaban J connectivity index is 2.19. The maximum atomic E-state index is 12.1. The number of alkyl halides is 3. The highest BCUT2D eigenvalue weighted by Gasteiger charge is 2.29. The van der Waals surface area contributed by atoms with Crippen molar-refractivity contribution in [3.63, 3.8) is 0 Å². The molecule has 0 radical (unpaired) electrons. The second-order valence-electron chi connectivity index (χ2n) is 5.94. The maximum Gasteiger partial charge on any atom is 0.401 e. The van der Waals surface area contributed by atoms with Gasteiger partial charge < -0.3 is 10.2 Å². The quantitative estimate of drug-likeness (QED) is 0.795. The van der Waals surface area contributed by atoms with E-state index in [1.54, 1.807) is 0 Å². The van der Waals surface area contributed by atoms with E-state index >= 15 is 0 Å². The molecule has 2 unspecified atom stereocenters. The first-order valence-corrected chi connectivity index (χ1v) is 6.78. The molecule has 1 N–H and O–H groups in total. The second-order valence-corrected chi connectivity index (χ2v) is 5.94. The van der Waals surface area contributed by atoms with Crippen molar-refractivity contribution >= 4 is 0 Å². The second kappa shape index (κ2) is 6.75. The summed E-state index contributed by atoms with van der Waals surface area (Å²) in [5.74, 6) is 1.20. The van der Waals surface area contributed by atoms with Gasteiger partial charge >= 0.3 is 6.18 Å². The number of hydrogen-bond acceptors (Lipinski definition) is 2. The van der Waals surface area contributed by atoms with Crippen molar-refractivity contribution in [1.82, 2.24) is 10.2 Å². The molecule has 1 aliphatic heterocycles. The minimum atomic E-state index is -4.10. The summed E-state index contributed by atoms with van der Waals surface area (Å²) in [7, 11) is 0. The first-order chi connectivity index (χ1) is 8.26. The van der Waals surface area contributed by atoms with Crippen LogP contribution in [0.1, 0.15) is 33.6 Å². The van der Waals surface area contributed by atoms with E-state index in [0.717, 1.165) is 32.5 Å². The van der Waals surface area contributed by atoms with E-state index in [4.69, 9.17) is 0 Å². The number of hydrogen-bond donors (Lipinski definition) is 1. The van der Waals surface area contributed by atoms with E-state index in [9.17, 15) is 13.2 Å². The van der Waals surface area contributed by atoms with Crippen molar-refractivity contribution in [1.29, 1.82) is 0 Å². The first-order valence-electron chi connectivity index (χ1n) is 6.78. The van der Waals surface area contributed by atoms with E-state index in [2.05, 4.69) is 24.1 Å². The Hall–Kier alpha value is -0.290. The average Bonchev–Trinajstić information content (AvgIpc) is 2.60. The summed E-state index contributed by atoms with van der Waals surface area (Å²) in [4.78, 5) is 2.42. The van der Waals surface area contributed by atoms with Gasteiger partial charge in [-0.25, -0.2) is 0 Å². The molecule has 0 bridgehead atoms. The molecule has 0 aromatic rings. The van der Waals surface area contributed by atoms with Crippen LogP contribution in [0.5, 0.6) is 0 Å². The number of nitrogens with one attached hydrogen (secondary N) is 1. The first kappa shape index (κ1) is 15.8. The Morgan fingerprint density at radius 2 is 1.94 bits per heavy atom. The van der Waals surface area contributed by atoms with E-state index in [-0.39, 0.29) is 6.04 Å². The molecule has 0 spiro atoms. The van der Waals surface area contributed by atoms with Crippen LogP contribution in [0.4, 0.5) is 13.2 Å². The van der Waals surface area contributed by atoms with Crippen molar-refractivity contribution in [3.05, 3.63) is 0 Å². The van der Waals surface area contributed by atoms with Gasteiger partial charge in [0.1, 0.15) is 0 Å². The van der Waals surface area contributed by atoms with Gasteiger partial charge in [0.2, 0.25) is 0 Å². The molecule has 108 valence electrons. The molecule has 0 saturated carbocycles. The van der Waals surface area contributed by atoms with Gasteiger partial charge in [0.25, 0.3) is 0 Å². The molecule has 1 saturated heterocycles. The molecule has 1 heterocycles. The van der Waals surface area contributed by atoms with E-state index < -0.39 is 12.7 Å². The molecule has 0 aromatic heterocycles. The van der Waals surface area contributed by atoms with Gasteiger partial charge in [-0.1, -0.05) is 13.8 Å². The highest BCUT2D eigenvalue weighted by atomic mass is 19.4. The summed E-state index contributed by atoms with van der Waals surface area (Å²) < 4.78 is 36.2. The monoisotopic (exact) mass is 266 g/mol. The van der Waals surface area contributed by atoms with Crippen LogP contribution < -0.4 is 5.32 Å². The Morgan fingerprint density at radius 1 is 1.28 bits per heavy atom. The Labute approximate surface area is 108 Å². The summed E-state index contributed by atoms with van der Waals surface area (Å²) in [5, 5.41) is 2.56. The van der Waals surface area contributed by atoms with Crippen molar-refractivity contribution < 1.29 is 13.2 Å². The zero-order valence-corrected chi connectivity index (χ0v) is 11.6. The SMILES string of the molecule is CC(C)CN1CCC(CC(C)NCC(F)(F)F)C1. The van der Waals surface area contributed by atoms with Gasteiger partial charge in [0.15, 0.2) is 0 Å². The van der Waals surface area contributed by atoms with E-state index in [1.165, 1.54) is 0 Å². The van der Waals surface area contributed by atoms with Crippen LogP contribution in [0.25, 0.3) is 0 Å². The fraction of sp³-hybridized carbons (Fsp3) is 1.00. The zero-order chi connectivity index (χ0) is 13.8. The zero-order valence-electron chi connectivity index (χ0n) is 11.6. The van der Waals surface area contributed by atoms with Crippen LogP contribution >= 0.6 is 0 Å². The predicted molar refractivity (Wildman–Crippen MR) is 67.5 cm³/mol. The molecule has 2 atom stereocenters. The average molecular weight is 266 g/mol. The number of halogens is 3. The standard InChI is InChI=1S/C13H25F3N2/c1-10(2)7-18-5-4-12(8-18)6-11(3)17-9-13(14,15)16/h10-12,17H,4-9H2,1-3H3. The Morgan fingerprint density at radius 3 is 2.50 bits per heavy atom. The molecular weight excluding hydrogens is 241 g/mol. The lowest BCUT2D eigenvalue weighted by atomic mass is 10.00. The van der Waals surface area contributed by atoms with E-state index in [0.29, 0.717) is 11.8 Å². The Bertz CT molecular complexity index is 241. The summed E-state index contributed by atoms with van der Waals surface area (Å²) in [6.45, 7) is 8.58. The molecule has 1 fully saturated rings. The molecule has 1 aliphatic rings. The third-order valence-electron chi connectivity index (χ3n) is 3.33. The fourth-order valence-corrected chi connectivity index (χ4v) is 2.66. The van der Waals surface area contributed by atoms with Crippen LogP contribution in [-0.4, -0.2) is 43.3 Å². The van der Waals surface area contributed by atoms with Crippen molar-refractivity contribution in [2.45, 2.75) is 45.8 Å². The highest BCUT2D eigenvalue weighted by Crippen LogP contribution is 2.22. The lowest BCUT2D eigenvalue weighted by Crippen LogP contribution is -2.36. The lowest BCUT2D eigenvalue weighted by Gasteiger charge is -2.21. The molecule has 2 nitrogen and oxygen atoms in total. The minimum absolute atomic E-state index is 0.0596. The lowest BCUT2D eigenvalue weighted by molar-refractivity contribution is -0.126. The molecule has 0 amide bonds. The van der Waals surface area contributed by atoms with Crippen molar-refractivity contribution in [2.24, 2.45) is 11.8 Å². The predicted octanol–water partition coefficient (Wildman–Crippen LogP) is 2.89. The van der Waals surface area contributed by atoms with E-state index in [1.807, 2.05) is 6.92 Å². The summed E-state index contributed by atoms with van der Waals surface area (Å²) in [5.41, 5.74) is 0. The Kier molecular flexibility index (Phi) is 5.92. The van der Waals surface area contributed by atoms with Gasteiger partial charge in [-0.05, 0) is 38.1 Å². The third-order valence-corrected chi connectivity index (χ3v) is 3.33. The topological polar surface area (TPSA) is 15.3 Å². The molecule has 0 aromatic carbocycles. The van der Waals surface area contributed by atoms with Gasteiger partial charge in [0.05, 0.1) is 6.54 Å². The summed E-state index contributed by atoms with van der Waals surface area (Å²) in [6.07, 6.45) is -2.15. The van der Waals surface area contributed by atoms with Crippen molar-refractivity contribution in [2.75, 3.05) is 26.2 Å². The molecular formula is C13H25F3N2. The largest absolute Gasteiger partial charge is 0.401 e. The van der Waals surface area contributed by atoms with Crippen LogP contribution in [0.2, 0.25) is 0 Å². The minimum Gasteiger partial charge on any atom is -0.306 e. The molecule has 0 aliphatic carbocycles. The van der Waals surface area contributed by atoms with Gasteiger partial charge in [-0.2, -0.15) is 13.2 Å². The molecule has 5 heteroatoms. The summed E-state index contributed by atoms with van der Waals surface area (Å²) >= 11 is 0. The highest BCUT2D eigenvalue weighted by molar-refractivity contribution is 4.79. The van der Waals surface area contributed by atoms with Crippen LogP contribution in [0.15, 0.2) is 0 Å². The van der Waals surface area contributed by atoms with Crippen LogP contribution in [-0.2, 0) is 0 Å². The number of likely N-dealkylation sites (tertiary alicyclic amines) is 1. The number of nitrogens with zero attached hydrogens (tertiary/aromatic N) is 1. The normalized spacial score (nSPS) is 23.8. The van der Waals surface area contributed by atoms with Gasteiger partial charge in [-0.3, -0.25) is 0 Å². The van der Waals surface area contributed by atoms with Gasteiger partial charge in [-0.15, -0.1) is 0 Å². The molecule has 18 heavy (non-hydrogen) atoms. The number of rotatable bonds is 6. The van der Waals surface area contributed by atoms with Crippen molar-refractivity contribution in [3.8, 4) is 0 Å². The van der Waals surface area contributed by atoms with Crippen LogP contribution in [0.3, 0.4) is 0 Å². The fourth-order valence-electron chi connectivity index (χ4n) is 2.66. The van der Waals surface area contributed by atoms with Crippen LogP contribution in [0, 0.1) is 11.8 Å². The van der Waals surface area contributed by atoms with Gasteiger partial charge in [0, 0.05) is 19.1 Å².